The van der Waals surface area contributed by atoms with Gasteiger partial charge in [0.1, 0.15) is 0 Å². The molecule has 180 valence electrons. The molecule has 2 aromatic carbocycles. The van der Waals surface area contributed by atoms with Crippen LogP contribution in [-0.4, -0.2) is 0 Å². The molecule has 33 heavy (non-hydrogen) atoms. The second kappa shape index (κ2) is 8.66. The summed E-state index contributed by atoms with van der Waals surface area (Å²) in [6.45, 7) is 6.33. The molecule has 0 spiro atoms. The van der Waals surface area contributed by atoms with Gasteiger partial charge in [-0.2, -0.15) is 26.3 Å². The van der Waals surface area contributed by atoms with Crippen LogP contribution in [0.25, 0.3) is 11.1 Å². The minimum Gasteiger partial charge on any atom is -0.166 e. The molecule has 4 unspecified atom stereocenters. The van der Waals surface area contributed by atoms with E-state index in [0.29, 0.717) is 28.9 Å². The fourth-order valence-electron chi connectivity index (χ4n) is 5.81. The van der Waals surface area contributed by atoms with Crippen molar-refractivity contribution >= 4 is 0 Å². The molecule has 0 amide bonds. The smallest absolute Gasteiger partial charge is 0.166 e. The number of rotatable bonds is 3. The molecular weight excluding hydrogens is 438 g/mol. The Morgan fingerprint density at radius 3 is 1.45 bits per heavy atom. The average molecular weight is 469 g/mol. The van der Waals surface area contributed by atoms with Crippen molar-refractivity contribution in [2.24, 2.45) is 17.8 Å². The van der Waals surface area contributed by atoms with Crippen LogP contribution >= 0.6 is 0 Å². The van der Waals surface area contributed by atoms with Gasteiger partial charge in [0.25, 0.3) is 0 Å². The van der Waals surface area contributed by atoms with Crippen LogP contribution in [0.2, 0.25) is 0 Å². The third-order valence-corrected chi connectivity index (χ3v) is 7.91. The lowest BCUT2D eigenvalue weighted by molar-refractivity contribution is -0.139. The third kappa shape index (κ3) is 4.95. The SMILES string of the molecule is CC1CCC(c2ccc(C(F)(F)F)c(-c3cc(C4CC(C)C(C)C4)ccc3C(F)(F)F)c2)C1. The summed E-state index contributed by atoms with van der Waals surface area (Å²) in [4.78, 5) is 0. The minimum atomic E-state index is -4.75. The standard InChI is InChI=1S/C27H30F6/c1-15-4-5-18(10-15)19-6-8-24(26(28,29)30)22(13-19)23-14-20(7-9-25(23)27(31,32)33)21-11-16(2)17(3)12-21/h6-9,13-18,21H,4-5,10-12H2,1-3H3. The predicted molar refractivity (Wildman–Crippen MR) is 118 cm³/mol. The van der Waals surface area contributed by atoms with Gasteiger partial charge in [0, 0.05) is 0 Å². The summed E-state index contributed by atoms with van der Waals surface area (Å²) in [5.74, 6) is 1.46. The first-order valence-electron chi connectivity index (χ1n) is 11.8. The van der Waals surface area contributed by atoms with Gasteiger partial charge in [-0.15, -0.1) is 0 Å². The van der Waals surface area contributed by atoms with Crippen molar-refractivity contribution in [2.75, 3.05) is 0 Å². The quantitative estimate of drug-likeness (QED) is 0.394. The Hall–Kier alpha value is -1.98. The van der Waals surface area contributed by atoms with Crippen LogP contribution < -0.4 is 0 Å². The molecule has 0 nitrogen and oxygen atoms in total. The van der Waals surface area contributed by atoms with E-state index >= 15 is 0 Å². The maximum Gasteiger partial charge on any atom is 0.417 e. The maximum atomic E-state index is 14.0. The van der Waals surface area contributed by atoms with Gasteiger partial charge in [0.05, 0.1) is 11.1 Å². The zero-order valence-corrected chi connectivity index (χ0v) is 19.2. The molecule has 0 aliphatic heterocycles. The van der Waals surface area contributed by atoms with Crippen molar-refractivity contribution in [3.8, 4) is 11.1 Å². The van der Waals surface area contributed by atoms with E-state index in [-0.39, 0.29) is 23.0 Å². The van der Waals surface area contributed by atoms with Crippen LogP contribution in [0.3, 0.4) is 0 Å². The number of halogens is 6. The highest BCUT2D eigenvalue weighted by Gasteiger charge is 2.40. The lowest BCUT2D eigenvalue weighted by Gasteiger charge is -2.22. The Kier molecular flexibility index (Phi) is 6.34. The van der Waals surface area contributed by atoms with Gasteiger partial charge in [-0.05, 0) is 89.7 Å². The van der Waals surface area contributed by atoms with Crippen molar-refractivity contribution in [3.63, 3.8) is 0 Å². The van der Waals surface area contributed by atoms with Gasteiger partial charge < -0.3 is 0 Å². The highest BCUT2D eigenvalue weighted by atomic mass is 19.4. The minimum absolute atomic E-state index is 0.0595. The first kappa shape index (κ1) is 24.2. The summed E-state index contributed by atoms with van der Waals surface area (Å²) in [6.07, 6.45) is -5.17. The van der Waals surface area contributed by atoms with E-state index in [1.54, 1.807) is 0 Å². The van der Waals surface area contributed by atoms with E-state index in [1.165, 1.54) is 24.3 Å². The van der Waals surface area contributed by atoms with Gasteiger partial charge in [-0.1, -0.05) is 51.5 Å². The zero-order chi connectivity index (χ0) is 24.1. The van der Waals surface area contributed by atoms with Crippen LogP contribution in [0, 0.1) is 17.8 Å². The summed E-state index contributed by atoms with van der Waals surface area (Å²) in [7, 11) is 0. The zero-order valence-electron chi connectivity index (χ0n) is 19.2. The molecule has 0 saturated heterocycles. The van der Waals surface area contributed by atoms with Gasteiger partial charge in [0.2, 0.25) is 0 Å². The molecule has 4 atom stereocenters. The second-order valence-electron chi connectivity index (χ2n) is 10.3. The van der Waals surface area contributed by atoms with Crippen LogP contribution in [0.15, 0.2) is 36.4 Å². The normalized spacial score (nSPS) is 28.5. The molecular formula is C27H30F6. The van der Waals surface area contributed by atoms with Crippen molar-refractivity contribution in [3.05, 3.63) is 58.7 Å². The van der Waals surface area contributed by atoms with E-state index in [2.05, 4.69) is 20.8 Å². The fourth-order valence-corrected chi connectivity index (χ4v) is 5.81. The Balaban J connectivity index is 1.88. The summed E-state index contributed by atoms with van der Waals surface area (Å²) in [5, 5.41) is 0. The van der Waals surface area contributed by atoms with Gasteiger partial charge >= 0.3 is 12.4 Å². The largest absolute Gasteiger partial charge is 0.417 e. The van der Waals surface area contributed by atoms with Crippen LogP contribution in [0.1, 0.15) is 87.0 Å². The molecule has 2 aliphatic rings. The number of benzene rings is 2. The molecule has 6 heteroatoms. The molecule has 2 saturated carbocycles. The first-order chi connectivity index (χ1) is 15.3. The number of alkyl halides is 6. The van der Waals surface area contributed by atoms with Gasteiger partial charge in [-0.25, -0.2) is 0 Å². The molecule has 0 bridgehead atoms. The fraction of sp³-hybridized carbons (Fsp3) is 0.556. The summed E-state index contributed by atoms with van der Waals surface area (Å²) >= 11 is 0. The van der Waals surface area contributed by atoms with E-state index in [0.717, 1.165) is 44.2 Å². The first-order valence-corrected chi connectivity index (χ1v) is 11.8. The van der Waals surface area contributed by atoms with Crippen molar-refractivity contribution < 1.29 is 26.3 Å². The lowest BCUT2D eigenvalue weighted by atomic mass is 9.86. The summed E-state index contributed by atoms with van der Waals surface area (Å²) < 4.78 is 83.8. The topological polar surface area (TPSA) is 0 Å². The highest BCUT2D eigenvalue weighted by molar-refractivity contribution is 5.74. The van der Waals surface area contributed by atoms with Gasteiger partial charge in [-0.3, -0.25) is 0 Å². The third-order valence-electron chi connectivity index (χ3n) is 7.91. The Labute approximate surface area is 191 Å². The van der Waals surface area contributed by atoms with Crippen molar-refractivity contribution in [1.29, 1.82) is 0 Å². The summed E-state index contributed by atoms with van der Waals surface area (Å²) in [5.41, 5.74) is -1.33. The Morgan fingerprint density at radius 2 is 1.06 bits per heavy atom. The van der Waals surface area contributed by atoms with Crippen LogP contribution in [0.5, 0.6) is 0 Å². The number of hydrogen-bond donors (Lipinski definition) is 0. The second-order valence-corrected chi connectivity index (χ2v) is 10.3. The van der Waals surface area contributed by atoms with E-state index in [1.807, 2.05) is 0 Å². The van der Waals surface area contributed by atoms with Crippen LogP contribution in [-0.2, 0) is 12.4 Å². The van der Waals surface area contributed by atoms with Crippen LogP contribution in [0.4, 0.5) is 26.3 Å². The molecule has 0 aromatic heterocycles. The van der Waals surface area contributed by atoms with E-state index in [4.69, 9.17) is 0 Å². The highest BCUT2D eigenvalue weighted by Crippen LogP contribution is 2.48. The Bertz CT molecular complexity index is 993. The molecule has 2 fully saturated rings. The molecule has 0 radical (unpaired) electrons. The Morgan fingerprint density at radius 1 is 0.606 bits per heavy atom. The molecule has 0 heterocycles. The monoisotopic (exact) mass is 468 g/mol. The summed E-state index contributed by atoms with van der Waals surface area (Å²) in [6, 6.07) is 7.61. The maximum absolute atomic E-state index is 14.0. The molecule has 4 rings (SSSR count). The van der Waals surface area contributed by atoms with E-state index in [9.17, 15) is 26.3 Å². The van der Waals surface area contributed by atoms with Gasteiger partial charge in [0.15, 0.2) is 0 Å². The molecule has 2 aromatic rings. The number of hydrogen-bond acceptors (Lipinski definition) is 0. The molecule has 0 N–H and O–H groups in total. The van der Waals surface area contributed by atoms with Crippen molar-refractivity contribution in [2.45, 2.75) is 77.1 Å². The average Bonchev–Trinajstić information content (AvgIpc) is 3.31. The molecule has 2 aliphatic carbocycles. The van der Waals surface area contributed by atoms with E-state index < -0.39 is 23.5 Å². The lowest BCUT2D eigenvalue weighted by Crippen LogP contribution is -2.13. The van der Waals surface area contributed by atoms with Crippen molar-refractivity contribution in [1.82, 2.24) is 0 Å². The predicted octanol–water partition coefficient (Wildman–Crippen LogP) is 9.44.